The number of piperidine rings is 1. The molecule has 0 radical (unpaired) electrons. The van der Waals surface area contributed by atoms with Crippen LogP contribution in [0.4, 0.5) is 0 Å². The van der Waals surface area contributed by atoms with Gasteiger partial charge in [0.25, 0.3) is 0 Å². The molecule has 1 heterocycles. The van der Waals surface area contributed by atoms with E-state index in [1.165, 1.54) is 25.9 Å². The first-order valence-corrected chi connectivity index (χ1v) is 6.57. The van der Waals surface area contributed by atoms with Crippen LogP contribution >= 0.6 is 0 Å². The van der Waals surface area contributed by atoms with Gasteiger partial charge in [-0.25, -0.2) is 0 Å². The van der Waals surface area contributed by atoms with E-state index in [2.05, 4.69) is 11.8 Å². The maximum atomic E-state index is 8.31. The third-order valence-corrected chi connectivity index (χ3v) is 3.02. The Hall–Kier alpha value is -0.630. The van der Waals surface area contributed by atoms with Crippen molar-refractivity contribution in [3.63, 3.8) is 0 Å². The van der Waals surface area contributed by atoms with Crippen LogP contribution in [0.15, 0.2) is 0 Å². The number of ether oxygens (including phenoxy) is 2. The van der Waals surface area contributed by atoms with Gasteiger partial charge in [0.15, 0.2) is 0 Å². The fourth-order valence-electron chi connectivity index (χ4n) is 2.12. The van der Waals surface area contributed by atoms with E-state index in [9.17, 15) is 0 Å². The van der Waals surface area contributed by atoms with Crippen molar-refractivity contribution < 1.29 is 9.47 Å². The topological polar surface area (TPSA) is 45.5 Å². The summed E-state index contributed by atoms with van der Waals surface area (Å²) in [6.07, 6.45) is 3.15. The number of hydrogen-bond acceptors (Lipinski definition) is 4. The maximum absolute atomic E-state index is 8.31. The van der Waals surface area contributed by atoms with E-state index in [0.717, 1.165) is 19.1 Å². The molecule has 0 spiro atoms. The molecule has 0 aromatic heterocycles. The van der Waals surface area contributed by atoms with Crippen molar-refractivity contribution in [3.8, 4) is 6.07 Å². The van der Waals surface area contributed by atoms with Crippen LogP contribution in [0.25, 0.3) is 0 Å². The highest BCUT2D eigenvalue weighted by atomic mass is 16.5. The van der Waals surface area contributed by atoms with E-state index in [-0.39, 0.29) is 0 Å². The van der Waals surface area contributed by atoms with Gasteiger partial charge >= 0.3 is 0 Å². The number of rotatable bonds is 8. The minimum absolute atomic E-state index is 0.464. The van der Waals surface area contributed by atoms with Crippen LogP contribution in [0.5, 0.6) is 0 Å². The van der Waals surface area contributed by atoms with Crippen LogP contribution in [0.2, 0.25) is 0 Å². The zero-order chi connectivity index (χ0) is 12.3. The van der Waals surface area contributed by atoms with E-state index in [0.29, 0.717) is 26.2 Å². The molecular weight excluding hydrogens is 216 g/mol. The summed E-state index contributed by atoms with van der Waals surface area (Å²) >= 11 is 0. The summed E-state index contributed by atoms with van der Waals surface area (Å²) in [6, 6.07) is 2.04. The lowest BCUT2D eigenvalue weighted by atomic mass is 10.0. The van der Waals surface area contributed by atoms with Crippen LogP contribution in [0.1, 0.15) is 26.2 Å². The van der Waals surface area contributed by atoms with E-state index >= 15 is 0 Å². The average molecular weight is 240 g/mol. The first kappa shape index (κ1) is 14.4. The highest BCUT2D eigenvalue weighted by Gasteiger charge is 2.15. The Balaban J connectivity index is 1.85. The molecule has 0 N–H and O–H groups in total. The summed E-state index contributed by atoms with van der Waals surface area (Å²) in [5, 5.41) is 8.31. The predicted octanol–water partition coefficient (Wildman–Crippen LogP) is 1.67. The van der Waals surface area contributed by atoms with Crippen molar-refractivity contribution in [3.05, 3.63) is 0 Å². The highest BCUT2D eigenvalue weighted by molar-refractivity contribution is 4.69. The molecule has 0 amide bonds. The van der Waals surface area contributed by atoms with Gasteiger partial charge in [-0.3, -0.25) is 0 Å². The van der Waals surface area contributed by atoms with Gasteiger partial charge in [-0.1, -0.05) is 6.92 Å². The van der Waals surface area contributed by atoms with Crippen molar-refractivity contribution in [2.45, 2.75) is 26.2 Å². The van der Waals surface area contributed by atoms with Crippen molar-refractivity contribution in [2.24, 2.45) is 5.92 Å². The van der Waals surface area contributed by atoms with Crippen LogP contribution in [-0.2, 0) is 9.47 Å². The van der Waals surface area contributed by atoms with Gasteiger partial charge in [0.2, 0.25) is 0 Å². The zero-order valence-corrected chi connectivity index (χ0v) is 10.9. The molecule has 0 aromatic carbocycles. The molecule has 0 aromatic rings. The van der Waals surface area contributed by atoms with Gasteiger partial charge in [-0.2, -0.15) is 5.26 Å². The number of hydrogen-bond donors (Lipinski definition) is 0. The first-order chi connectivity index (χ1) is 8.33. The molecule has 1 aliphatic heterocycles. The molecule has 98 valence electrons. The van der Waals surface area contributed by atoms with Gasteiger partial charge < -0.3 is 14.4 Å². The molecule has 17 heavy (non-hydrogen) atoms. The van der Waals surface area contributed by atoms with Crippen LogP contribution in [0, 0.1) is 17.2 Å². The number of nitriles is 1. The van der Waals surface area contributed by atoms with E-state index < -0.39 is 0 Å². The van der Waals surface area contributed by atoms with Crippen LogP contribution in [0.3, 0.4) is 0 Å². The lowest BCUT2D eigenvalue weighted by Crippen LogP contribution is -2.36. The second-order valence-electron chi connectivity index (χ2n) is 4.68. The first-order valence-electron chi connectivity index (χ1n) is 6.57. The molecule has 1 aliphatic rings. The van der Waals surface area contributed by atoms with E-state index in [1.807, 2.05) is 6.07 Å². The maximum Gasteiger partial charge on any atom is 0.0701 e. The lowest BCUT2D eigenvalue weighted by molar-refractivity contribution is 0.0357. The Kier molecular flexibility index (Phi) is 7.98. The minimum Gasteiger partial charge on any atom is -0.378 e. The molecule has 0 saturated carbocycles. The lowest BCUT2D eigenvalue weighted by Gasteiger charge is -2.30. The molecule has 4 heteroatoms. The highest BCUT2D eigenvalue weighted by Crippen LogP contribution is 2.14. The second kappa shape index (κ2) is 9.41. The van der Waals surface area contributed by atoms with Gasteiger partial charge in [0.1, 0.15) is 0 Å². The predicted molar refractivity (Wildman–Crippen MR) is 66.7 cm³/mol. The fourth-order valence-corrected chi connectivity index (χ4v) is 2.12. The van der Waals surface area contributed by atoms with E-state index in [4.69, 9.17) is 14.7 Å². The Morgan fingerprint density at radius 2 is 2.00 bits per heavy atom. The standard InChI is InChI=1S/C13H24N2O2/c1-13-4-2-6-15(12-13)7-9-17-11-10-16-8-3-5-14/h13H,2-4,6-12H2,1H3. The third kappa shape index (κ3) is 7.32. The van der Waals surface area contributed by atoms with E-state index in [1.54, 1.807) is 0 Å². The molecule has 0 aliphatic carbocycles. The molecule has 1 saturated heterocycles. The summed E-state index contributed by atoms with van der Waals surface area (Å²) in [4.78, 5) is 2.48. The molecule has 1 rings (SSSR count). The summed E-state index contributed by atoms with van der Waals surface area (Å²) in [5.74, 6) is 0.832. The number of likely N-dealkylation sites (tertiary alicyclic amines) is 1. The van der Waals surface area contributed by atoms with Gasteiger partial charge in [-0.15, -0.1) is 0 Å². The smallest absolute Gasteiger partial charge is 0.0701 e. The summed E-state index contributed by atoms with van der Waals surface area (Å²) in [5.41, 5.74) is 0. The monoisotopic (exact) mass is 240 g/mol. The van der Waals surface area contributed by atoms with Gasteiger partial charge in [0, 0.05) is 13.1 Å². The molecule has 1 unspecified atom stereocenters. The summed E-state index contributed by atoms with van der Waals surface area (Å²) < 4.78 is 10.7. The quantitative estimate of drug-likeness (QED) is 0.605. The van der Waals surface area contributed by atoms with Crippen molar-refractivity contribution >= 4 is 0 Å². The Morgan fingerprint density at radius 1 is 1.24 bits per heavy atom. The minimum atomic E-state index is 0.464. The molecular formula is C13H24N2O2. The summed E-state index contributed by atoms with van der Waals surface area (Å²) in [6.45, 7) is 8.30. The Morgan fingerprint density at radius 3 is 2.71 bits per heavy atom. The molecule has 4 nitrogen and oxygen atoms in total. The third-order valence-electron chi connectivity index (χ3n) is 3.02. The SMILES string of the molecule is CC1CCCN(CCOCCOCCC#N)C1. The van der Waals surface area contributed by atoms with Gasteiger partial charge in [0.05, 0.1) is 38.9 Å². The largest absolute Gasteiger partial charge is 0.378 e. The fraction of sp³-hybridized carbons (Fsp3) is 0.923. The molecule has 1 fully saturated rings. The second-order valence-corrected chi connectivity index (χ2v) is 4.68. The van der Waals surface area contributed by atoms with Crippen LogP contribution < -0.4 is 0 Å². The Bertz CT molecular complexity index is 228. The normalized spacial score (nSPS) is 21.3. The van der Waals surface area contributed by atoms with Gasteiger partial charge in [-0.05, 0) is 25.3 Å². The molecule has 1 atom stereocenters. The summed E-state index contributed by atoms with van der Waals surface area (Å²) in [7, 11) is 0. The van der Waals surface area contributed by atoms with Crippen LogP contribution in [-0.4, -0.2) is 51.0 Å². The molecule has 0 bridgehead atoms. The van der Waals surface area contributed by atoms with Crippen molar-refractivity contribution in [1.29, 1.82) is 5.26 Å². The number of nitrogens with zero attached hydrogens (tertiary/aromatic N) is 2. The zero-order valence-electron chi connectivity index (χ0n) is 10.9. The Labute approximate surface area is 104 Å². The van der Waals surface area contributed by atoms with Crippen molar-refractivity contribution in [1.82, 2.24) is 4.90 Å². The van der Waals surface area contributed by atoms with Crippen molar-refractivity contribution in [2.75, 3.05) is 46.1 Å². The average Bonchev–Trinajstić information content (AvgIpc) is 2.33.